The Hall–Kier alpha value is -1.80. The average Bonchev–Trinajstić information content (AvgIpc) is 2.79. The standard InChI is InChI=1S/C14H17NO3/c1-10-7-11(8-12(17)13(10)18-2)14(15-9-16)5-3-4-6-14/h7-8,17H,3-6H2,1-2H3. The van der Waals surface area contributed by atoms with Gasteiger partial charge in [0, 0.05) is 0 Å². The van der Waals surface area contributed by atoms with E-state index in [1.165, 1.54) is 7.11 Å². The second-order valence-electron chi connectivity index (χ2n) is 4.79. The zero-order valence-electron chi connectivity index (χ0n) is 10.7. The fourth-order valence-electron chi connectivity index (χ4n) is 2.80. The summed E-state index contributed by atoms with van der Waals surface area (Å²) in [4.78, 5) is 14.7. The van der Waals surface area contributed by atoms with Crippen LogP contribution in [0.15, 0.2) is 17.1 Å². The Kier molecular flexibility index (Phi) is 3.39. The average molecular weight is 247 g/mol. The third-order valence-corrected chi connectivity index (χ3v) is 3.69. The van der Waals surface area contributed by atoms with Crippen LogP contribution < -0.4 is 4.74 Å². The molecule has 0 amide bonds. The number of nitrogens with zero attached hydrogens (tertiary/aromatic N) is 1. The van der Waals surface area contributed by atoms with Crippen molar-refractivity contribution >= 4 is 6.08 Å². The minimum Gasteiger partial charge on any atom is -0.504 e. The summed E-state index contributed by atoms with van der Waals surface area (Å²) in [7, 11) is 1.52. The van der Waals surface area contributed by atoms with E-state index in [0.29, 0.717) is 5.75 Å². The Balaban J connectivity index is 2.53. The van der Waals surface area contributed by atoms with Crippen LogP contribution in [0, 0.1) is 6.92 Å². The van der Waals surface area contributed by atoms with Gasteiger partial charge in [-0.15, -0.1) is 0 Å². The maximum atomic E-state index is 10.7. The third-order valence-electron chi connectivity index (χ3n) is 3.69. The number of hydrogen-bond donors (Lipinski definition) is 1. The molecule has 0 aliphatic heterocycles. The molecule has 0 radical (unpaired) electrons. The summed E-state index contributed by atoms with van der Waals surface area (Å²) >= 11 is 0. The lowest BCUT2D eigenvalue weighted by molar-refractivity contribution is 0.367. The van der Waals surface area contributed by atoms with Gasteiger partial charge < -0.3 is 9.84 Å². The van der Waals surface area contributed by atoms with Gasteiger partial charge in [-0.2, -0.15) is 4.99 Å². The van der Waals surface area contributed by atoms with E-state index >= 15 is 0 Å². The first kappa shape index (κ1) is 12.7. The van der Waals surface area contributed by atoms with Gasteiger partial charge in [0.1, 0.15) is 0 Å². The molecular formula is C14H17NO3. The molecule has 0 saturated heterocycles. The van der Waals surface area contributed by atoms with E-state index in [-0.39, 0.29) is 5.75 Å². The van der Waals surface area contributed by atoms with Gasteiger partial charge in [0.05, 0.1) is 12.6 Å². The van der Waals surface area contributed by atoms with Gasteiger partial charge in [-0.1, -0.05) is 12.8 Å². The zero-order chi connectivity index (χ0) is 13.2. The number of methoxy groups -OCH3 is 1. The highest BCUT2D eigenvalue weighted by Gasteiger charge is 2.36. The first-order valence-corrected chi connectivity index (χ1v) is 6.10. The number of phenolic OH excluding ortho intramolecular Hbond substituents is 1. The van der Waals surface area contributed by atoms with Crippen molar-refractivity contribution in [1.82, 2.24) is 0 Å². The quantitative estimate of drug-likeness (QED) is 0.660. The van der Waals surface area contributed by atoms with E-state index in [1.807, 2.05) is 13.0 Å². The number of aryl methyl sites for hydroxylation is 1. The molecule has 1 aromatic rings. The molecule has 1 aromatic carbocycles. The molecule has 0 atom stereocenters. The molecule has 1 N–H and O–H groups in total. The lowest BCUT2D eigenvalue weighted by Crippen LogP contribution is -2.19. The van der Waals surface area contributed by atoms with Gasteiger partial charge in [0.15, 0.2) is 11.5 Å². The van der Waals surface area contributed by atoms with E-state index in [1.54, 1.807) is 12.1 Å². The van der Waals surface area contributed by atoms with Crippen LogP contribution >= 0.6 is 0 Å². The smallest absolute Gasteiger partial charge is 0.235 e. The highest BCUT2D eigenvalue weighted by Crippen LogP contribution is 2.45. The third kappa shape index (κ3) is 2.00. The number of hydrogen-bond acceptors (Lipinski definition) is 4. The zero-order valence-corrected chi connectivity index (χ0v) is 10.7. The molecule has 18 heavy (non-hydrogen) atoms. The number of aliphatic imine (C=N–C) groups is 1. The lowest BCUT2D eigenvalue weighted by atomic mass is 9.87. The number of ether oxygens (including phenoxy) is 1. The predicted molar refractivity (Wildman–Crippen MR) is 67.7 cm³/mol. The topological polar surface area (TPSA) is 58.9 Å². The molecule has 1 aliphatic carbocycles. The minimum absolute atomic E-state index is 0.0971. The van der Waals surface area contributed by atoms with E-state index in [0.717, 1.165) is 36.8 Å². The molecular weight excluding hydrogens is 230 g/mol. The van der Waals surface area contributed by atoms with E-state index < -0.39 is 5.54 Å². The van der Waals surface area contributed by atoms with Crippen LogP contribution in [0.25, 0.3) is 0 Å². The van der Waals surface area contributed by atoms with Crippen LogP contribution in [0.5, 0.6) is 11.5 Å². The van der Waals surface area contributed by atoms with Gasteiger partial charge >= 0.3 is 0 Å². The Morgan fingerprint density at radius 1 is 1.39 bits per heavy atom. The first-order chi connectivity index (χ1) is 8.63. The van der Waals surface area contributed by atoms with Crippen molar-refractivity contribution in [2.45, 2.75) is 38.1 Å². The lowest BCUT2D eigenvalue weighted by Gasteiger charge is -2.24. The second-order valence-corrected chi connectivity index (χ2v) is 4.79. The fourth-order valence-corrected chi connectivity index (χ4v) is 2.80. The molecule has 96 valence electrons. The second kappa shape index (κ2) is 4.83. The largest absolute Gasteiger partial charge is 0.504 e. The van der Waals surface area contributed by atoms with E-state index in [9.17, 15) is 9.90 Å². The van der Waals surface area contributed by atoms with E-state index in [2.05, 4.69) is 4.99 Å². The number of benzene rings is 1. The summed E-state index contributed by atoms with van der Waals surface area (Å²) in [5.74, 6) is 0.571. The van der Waals surface area contributed by atoms with Crippen molar-refractivity contribution in [3.05, 3.63) is 23.3 Å². The molecule has 0 aromatic heterocycles. The van der Waals surface area contributed by atoms with E-state index in [4.69, 9.17) is 4.74 Å². The molecule has 0 heterocycles. The summed E-state index contributed by atoms with van der Waals surface area (Å²) in [5.41, 5.74) is 1.22. The number of phenols is 1. The summed E-state index contributed by atoms with van der Waals surface area (Å²) in [6.45, 7) is 1.87. The van der Waals surface area contributed by atoms with Crippen molar-refractivity contribution < 1.29 is 14.6 Å². The molecule has 1 saturated carbocycles. The summed E-state index contributed by atoms with van der Waals surface area (Å²) < 4.78 is 5.13. The molecule has 4 heteroatoms. The van der Waals surface area contributed by atoms with Crippen molar-refractivity contribution in [2.75, 3.05) is 7.11 Å². The van der Waals surface area contributed by atoms with Crippen LogP contribution in [0.1, 0.15) is 36.8 Å². The number of carbonyl (C=O) groups excluding carboxylic acids is 1. The summed E-state index contributed by atoms with van der Waals surface area (Å²) in [5, 5.41) is 9.95. The van der Waals surface area contributed by atoms with Crippen LogP contribution in [0.2, 0.25) is 0 Å². The molecule has 4 nitrogen and oxygen atoms in total. The maximum Gasteiger partial charge on any atom is 0.235 e. The maximum absolute atomic E-state index is 10.7. The molecule has 1 fully saturated rings. The molecule has 1 aliphatic rings. The van der Waals surface area contributed by atoms with Crippen molar-refractivity contribution in [1.29, 1.82) is 0 Å². The molecule has 0 bridgehead atoms. The molecule has 0 spiro atoms. The molecule has 2 rings (SSSR count). The highest BCUT2D eigenvalue weighted by molar-refractivity contribution is 5.51. The Morgan fingerprint density at radius 3 is 2.56 bits per heavy atom. The Morgan fingerprint density at radius 2 is 2.06 bits per heavy atom. The number of rotatable bonds is 3. The summed E-state index contributed by atoms with van der Waals surface area (Å²) in [6, 6.07) is 3.59. The summed E-state index contributed by atoms with van der Waals surface area (Å²) in [6.07, 6.45) is 5.41. The number of isocyanates is 1. The van der Waals surface area contributed by atoms with Crippen LogP contribution in [-0.2, 0) is 10.3 Å². The van der Waals surface area contributed by atoms with Gasteiger partial charge in [-0.05, 0) is 43.0 Å². The molecule has 0 unspecified atom stereocenters. The van der Waals surface area contributed by atoms with Crippen LogP contribution in [0.4, 0.5) is 0 Å². The Bertz CT molecular complexity index is 475. The van der Waals surface area contributed by atoms with Crippen molar-refractivity contribution in [3.63, 3.8) is 0 Å². The highest BCUT2D eigenvalue weighted by atomic mass is 16.5. The van der Waals surface area contributed by atoms with Gasteiger partial charge in [-0.3, -0.25) is 0 Å². The monoisotopic (exact) mass is 247 g/mol. The van der Waals surface area contributed by atoms with Gasteiger partial charge in [0.25, 0.3) is 0 Å². The minimum atomic E-state index is -0.504. The van der Waals surface area contributed by atoms with Crippen molar-refractivity contribution in [2.24, 2.45) is 4.99 Å². The number of aromatic hydroxyl groups is 1. The Labute approximate surface area is 106 Å². The normalized spacial score (nSPS) is 17.2. The SMILES string of the molecule is COc1c(C)cc(C2(N=C=O)CCCC2)cc1O. The van der Waals surface area contributed by atoms with Crippen LogP contribution in [0.3, 0.4) is 0 Å². The first-order valence-electron chi connectivity index (χ1n) is 6.10. The van der Waals surface area contributed by atoms with Gasteiger partial charge in [-0.25, -0.2) is 4.79 Å². The van der Waals surface area contributed by atoms with Crippen LogP contribution in [-0.4, -0.2) is 18.3 Å². The predicted octanol–water partition coefficient (Wildman–Crippen LogP) is 2.81. The fraction of sp³-hybridized carbons (Fsp3) is 0.500. The van der Waals surface area contributed by atoms with Gasteiger partial charge in [0.2, 0.25) is 6.08 Å². The van der Waals surface area contributed by atoms with Crippen molar-refractivity contribution in [3.8, 4) is 11.5 Å².